The predicted octanol–water partition coefficient (Wildman–Crippen LogP) is 2.75. The van der Waals surface area contributed by atoms with E-state index in [1.165, 1.54) is 4.57 Å². The van der Waals surface area contributed by atoms with Gasteiger partial charge in [-0.05, 0) is 24.2 Å². The number of carbonyl (C=O) groups is 1. The Morgan fingerprint density at radius 1 is 1.45 bits per heavy atom. The van der Waals surface area contributed by atoms with E-state index in [0.29, 0.717) is 12.5 Å². The van der Waals surface area contributed by atoms with Gasteiger partial charge in [0.15, 0.2) is 10.6 Å². The van der Waals surface area contributed by atoms with Crippen LogP contribution >= 0.6 is 12.2 Å². The molecule has 0 spiro atoms. The standard InChI is InChI=1S/C13H15F2N3OS/c1-7(2)5-16-11(19)6-18-10-4-8(14)3-9(15)12(10)17-13(18)20/h3-4,7H,5-6H2,1-2H3,(H,16,19)(H,17,20). The highest BCUT2D eigenvalue weighted by Gasteiger charge is 2.13. The minimum absolute atomic E-state index is 0.0750. The van der Waals surface area contributed by atoms with E-state index in [-0.39, 0.29) is 28.3 Å². The van der Waals surface area contributed by atoms with Gasteiger partial charge < -0.3 is 14.9 Å². The number of halogens is 2. The predicted molar refractivity (Wildman–Crippen MR) is 74.9 cm³/mol. The molecule has 0 bridgehead atoms. The number of hydrogen-bond donors (Lipinski definition) is 2. The van der Waals surface area contributed by atoms with Crippen LogP contribution in [0.3, 0.4) is 0 Å². The van der Waals surface area contributed by atoms with E-state index in [1.54, 1.807) is 0 Å². The molecule has 0 fully saturated rings. The lowest BCUT2D eigenvalue weighted by molar-refractivity contribution is -0.121. The molecule has 1 heterocycles. The molecule has 2 aromatic rings. The number of aromatic nitrogens is 2. The maximum atomic E-state index is 13.6. The Kier molecular flexibility index (Phi) is 4.17. The molecule has 20 heavy (non-hydrogen) atoms. The van der Waals surface area contributed by atoms with E-state index in [4.69, 9.17) is 12.2 Å². The molecule has 7 heteroatoms. The van der Waals surface area contributed by atoms with Gasteiger partial charge in [-0.15, -0.1) is 0 Å². The zero-order valence-electron chi connectivity index (χ0n) is 11.2. The second kappa shape index (κ2) is 5.70. The molecule has 0 saturated heterocycles. The number of imidazole rings is 1. The Balaban J connectivity index is 2.32. The molecule has 1 aromatic carbocycles. The van der Waals surface area contributed by atoms with E-state index >= 15 is 0 Å². The molecule has 108 valence electrons. The van der Waals surface area contributed by atoms with Gasteiger partial charge in [-0.2, -0.15) is 0 Å². The van der Waals surface area contributed by atoms with Gasteiger partial charge in [0, 0.05) is 12.6 Å². The topological polar surface area (TPSA) is 49.8 Å². The number of nitrogens with one attached hydrogen (secondary N) is 2. The summed E-state index contributed by atoms with van der Waals surface area (Å²) in [5, 5.41) is 2.73. The summed E-state index contributed by atoms with van der Waals surface area (Å²) in [5.41, 5.74) is 0.347. The summed E-state index contributed by atoms with van der Waals surface area (Å²) in [4.78, 5) is 14.4. The highest BCUT2D eigenvalue weighted by molar-refractivity contribution is 7.71. The zero-order valence-corrected chi connectivity index (χ0v) is 12.0. The van der Waals surface area contributed by atoms with Crippen molar-refractivity contribution < 1.29 is 13.6 Å². The van der Waals surface area contributed by atoms with E-state index in [0.717, 1.165) is 12.1 Å². The van der Waals surface area contributed by atoms with Gasteiger partial charge in [0.2, 0.25) is 5.91 Å². The Bertz CT molecular complexity index is 705. The fraction of sp³-hybridized carbons (Fsp3) is 0.385. The summed E-state index contributed by atoms with van der Waals surface area (Å²) in [6, 6.07) is 1.93. The maximum Gasteiger partial charge on any atom is 0.240 e. The van der Waals surface area contributed by atoms with Gasteiger partial charge in [0.05, 0.1) is 5.52 Å². The van der Waals surface area contributed by atoms with Crippen LogP contribution in [-0.4, -0.2) is 22.0 Å². The van der Waals surface area contributed by atoms with Crippen LogP contribution in [0, 0.1) is 22.3 Å². The second-order valence-electron chi connectivity index (χ2n) is 5.00. The third-order valence-corrected chi connectivity index (χ3v) is 3.13. The van der Waals surface area contributed by atoms with Gasteiger partial charge in [0.1, 0.15) is 17.9 Å². The summed E-state index contributed by atoms with van der Waals surface area (Å²) < 4.78 is 28.4. The number of hydrogen-bond acceptors (Lipinski definition) is 2. The lowest BCUT2D eigenvalue weighted by Gasteiger charge is -2.08. The van der Waals surface area contributed by atoms with Crippen LogP contribution in [-0.2, 0) is 11.3 Å². The molecule has 0 aliphatic rings. The van der Waals surface area contributed by atoms with Gasteiger partial charge in [-0.1, -0.05) is 13.8 Å². The van der Waals surface area contributed by atoms with Crippen LogP contribution in [0.4, 0.5) is 8.78 Å². The highest BCUT2D eigenvalue weighted by Crippen LogP contribution is 2.19. The van der Waals surface area contributed by atoms with Crippen LogP contribution < -0.4 is 5.32 Å². The lowest BCUT2D eigenvalue weighted by atomic mass is 10.2. The van der Waals surface area contributed by atoms with Gasteiger partial charge in [-0.3, -0.25) is 4.79 Å². The van der Waals surface area contributed by atoms with E-state index in [2.05, 4.69) is 10.3 Å². The first-order chi connectivity index (χ1) is 9.38. The molecule has 0 radical (unpaired) electrons. The molecule has 1 amide bonds. The number of benzene rings is 1. The fourth-order valence-corrected chi connectivity index (χ4v) is 2.12. The van der Waals surface area contributed by atoms with Crippen LogP contribution in [0.2, 0.25) is 0 Å². The SMILES string of the molecule is CC(C)CNC(=O)Cn1c(=S)[nH]c2c(F)cc(F)cc21. The van der Waals surface area contributed by atoms with Crippen molar-refractivity contribution >= 4 is 29.2 Å². The summed E-state index contributed by atoms with van der Waals surface area (Å²) in [7, 11) is 0. The molecule has 0 unspecified atom stereocenters. The van der Waals surface area contributed by atoms with Crippen molar-refractivity contribution in [1.29, 1.82) is 0 Å². The third-order valence-electron chi connectivity index (χ3n) is 2.81. The fourth-order valence-electron chi connectivity index (χ4n) is 1.85. The molecule has 1 aromatic heterocycles. The molecule has 0 saturated carbocycles. The van der Waals surface area contributed by atoms with E-state index in [9.17, 15) is 13.6 Å². The molecule has 0 aliphatic heterocycles. The Morgan fingerprint density at radius 2 is 2.15 bits per heavy atom. The number of rotatable bonds is 4. The molecular weight excluding hydrogens is 284 g/mol. The molecular formula is C13H15F2N3OS. The van der Waals surface area contributed by atoms with E-state index < -0.39 is 11.6 Å². The first-order valence-corrected chi connectivity index (χ1v) is 6.63. The minimum atomic E-state index is -0.729. The Hall–Kier alpha value is -1.76. The van der Waals surface area contributed by atoms with Gasteiger partial charge >= 0.3 is 0 Å². The molecule has 2 rings (SSSR count). The Morgan fingerprint density at radius 3 is 2.80 bits per heavy atom. The lowest BCUT2D eigenvalue weighted by Crippen LogP contribution is -2.30. The maximum absolute atomic E-state index is 13.6. The molecule has 0 aliphatic carbocycles. The summed E-state index contributed by atoms with van der Waals surface area (Å²) in [6.07, 6.45) is 0. The third kappa shape index (κ3) is 3.04. The van der Waals surface area contributed by atoms with Crippen molar-refractivity contribution in [3.63, 3.8) is 0 Å². The van der Waals surface area contributed by atoms with Crippen molar-refractivity contribution in [2.24, 2.45) is 5.92 Å². The second-order valence-corrected chi connectivity index (χ2v) is 5.38. The van der Waals surface area contributed by atoms with Crippen molar-refractivity contribution in [2.45, 2.75) is 20.4 Å². The molecule has 2 N–H and O–H groups in total. The van der Waals surface area contributed by atoms with E-state index in [1.807, 2.05) is 13.8 Å². The summed E-state index contributed by atoms with van der Waals surface area (Å²) in [6.45, 7) is 4.41. The number of carbonyl (C=O) groups excluding carboxylic acids is 1. The van der Waals surface area contributed by atoms with Gasteiger partial charge in [-0.25, -0.2) is 8.78 Å². The first kappa shape index (κ1) is 14.6. The quantitative estimate of drug-likeness (QED) is 0.853. The molecule has 4 nitrogen and oxygen atoms in total. The average Bonchev–Trinajstić information content (AvgIpc) is 2.65. The van der Waals surface area contributed by atoms with Crippen LogP contribution in [0.15, 0.2) is 12.1 Å². The number of amides is 1. The van der Waals surface area contributed by atoms with Crippen molar-refractivity contribution in [3.8, 4) is 0 Å². The van der Waals surface area contributed by atoms with Crippen molar-refractivity contribution in [1.82, 2.24) is 14.9 Å². The molecule has 0 atom stereocenters. The average molecular weight is 299 g/mol. The Labute approximate surface area is 119 Å². The summed E-state index contributed by atoms with van der Waals surface area (Å²) in [5.74, 6) is -1.36. The van der Waals surface area contributed by atoms with Crippen LogP contribution in [0.1, 0.15) is 13.8 Å². The zero-order chi connectivity index (χ0) is 14.9. The number of aromatic amines is 1. The van der Waals surface area contributed by atoms with Crippen molar-refractivity contribution in [3.05, 3.63) is 28.5 Å². The smallest absolute Gasteiger partial charge is 0.240 e. The number of H-pyrrole nitrogens is 1. The van der Waals surface area contributed by atoms with Gasteiger partial charge in [0.25, 0.3) is 0 Å². The highest BCUT2D eigenvalue weighted by atomic mass is 32.1. The monoisotopic (exact) mass is 299 g/mol. The number of fused-ring (bicyclic) bond motifs is 1. The van der Waals surface area contributed by atoms with Crippen LogP contribution in [0.25, 0.3) is 11.0 Å². The summed E-state index contributed by atoms with van der Waals surface area (Å²) >= 11 is 5.05. The minimum Gasteiger partial charge on any atom is -0.354 e. The first-order valence-electron chi connectivity index (χ1n) is 6.22. The van der Waals surface area contributed by atoms with Crippen LogP contribution in [0.5, 0.6) is 0 Å². The van der Waals surface area contributed by atoms with Crippen molar-refractivity contribution in [2.75, 3.05) is 6.54 Å². The largest absolute Gasteiger partial charge is 0.354 e. The number of nitrogens with zero attached hydrogens (tertiary/aromatic N) is 1. The normalized spacial score (nSPS) is 11.2.